The van der Waals surface area contributed by atoms with Gasteiger partial charge in [0.2, 0.25) is 0 Å². The molecule has 100 valence electrons. The van der Waals surface area contributed by atoms with Gasteiger partial charge in [-0.05, 0) is 32.9 Å². The highest BCUT2D eigenvalue weighted by molar-refractivity contribution is 5.47. The first-order valence-electron chi connectivity index (χ1n) is 5.88. The van der Waals surface area contributed by atoms with Gasteiger partial charge in [0, 0.05) is 17.7 Å². The fourth-order valence-electron chi connectivity index (χ4n) is 1.88. The first-order valence-corrected chi connectivity index (χ1v) is 5.88. The van der Waals surface area contributed by atoms with E-state index in [1.165, 1.54) is 6.20 Å². The lowest BCUT2D eigenvalue weighted by Crippen LogP contribution is -2.03. The van der Waals surface area contributed by atoms with Crippen LogP contribution in [-0.4, -0.2) is 9.91 Å². The highest BCUT2D eigenvalue weighted by Crippen LogP contribution is 2.20. The normalized spacial score (nSPS) is 10.5. The van der Waals surface area contributed by atoms with E-state index in [0.717, 1.165) is 17.1 Å². The average molecular weight is 261 g/mol. The topological polar surface area (TPSA) is 81.2 Å². The minimum atomic E-state index is -0.435. The molecule has 1 N–H and O–H groups in total. The van der Waals surface area contributed by atoms with Crippen LogP contribution in [0.5, 0.6) is 0 Å². The summed E-state index contributed by atoms with van der Waals surface area (Å²) in [4.78, 5) is 14.3. The Morgan fingerprint density at radius 2 is 2.11 bits per heavy atom. The summed E-state index contributed by atoms with van der Waals surface area (Å²) < 4.78 is 5.43. The Labute approximate surface area is 110 Å². The average Bonchev–Trinajstić information content (AvgIpc) is 2.65. The van der Waals surface area contributed by atoms with Crippen molar-refractivity contribution in [1.82, 2.24) is 4.98 Å². The van der Waals surface area contributed by atoms with Gasteiger partial charge in [0.15, 0.2) is 0 Å². The molecular formula is C13H15N3O3. The molecule has 2 aromatic heterocycles. The predicted molar refractivity (Wildman–Crippen MR) is 71.1 cm³/mol. The Balaban J connectivity index is 2.10. The number of anilines is 1. The second-order valence-electron chi connectivity index (χ2n) is 4.41. The van der Waals surface area contributed by atoms with Gasteiger partial charge in [-0.2, -0.15) is 0 Å². The Morgan fingerprint density at radius 3 is 2.63 bits per heavy atom. The van der Waals surface area contributed by atoms with E-state index in [0.29, 0.717) is 17.9 Å². The number of nitro groups is 1. The Hall–Kier alpha value is -2.37. The number of furan rings is 1. The van der Waals surface area contributed by atoms with Crippen molar-refractivity contribution in [1.29, 1.82) is 0 Å². The first kappa shape index (κ1) is 13.1. The molecule has 2 rings (SSSR count). The SMILES string of the molecule is Cc1cc(CNc2cc(C)c([N+](=O)[O-])cn2)c(C)o1. The molecule has 0 saturated heterocycles. The molecule has 6 nitrogen and oxygen atoms in total. The Morgan fingerprint density at radius 1 is 1.37 bits per heavy atom. The van der Waals surface area contributed by atoms with Crippen LogP contribution < -0.4 is 5.32 Å². The van der Waals surface area contributed by atoms with Crippen LogP contribution in [0.25, 0.3) is 0 Å². The summed E-state index contributed by atoms with van der Waals surface area (Å²) in [5.74, 6) is 2.34. The van der Waals surface area contributed by atoms with Crippen molar-refractivity contribution in [3.8, 4) is 0 Å². The van der Waals surface area contributed by atoms with Gasteiger partial charge in [-0.3, -0.25) is 10.1 Å². The molecule has 0 aliphatic heterocycles. The summed E-state index contributed by atoms with van der Waals surface area (Å²) in [5.41, 5.74) is 1.67. The van der Waals surface area contributed by atoms with E-state index in [2.05, 4.69) is 10.3 Å². The third kappa shape index (κ3) is 2.90. The predicted octanol–water partition coefficient (Wildman–Crippen LogP) is 3.12. The van der Waals surface area contributed by atoms with Crippen LogP contribution in [0.2, 0.25) is 0 Å². The Kier molecular flexibility index (Phi) is 3.50. The number of nitrogens with zero attached hydrogens (tertiary/aromatic N) is 2. The molecule has 0 aliphatic carbocycles. The number of pyridine rings is 1. The molecule has 0 amide bonds. The number of hydrogen-bond donors (Lipinski definition) is 1. The van der Waals surface area contributed by atoms with Gasteiger partial charge in [0.25, 0.3) is 5.69 Å². The molecule has 0 aromatic carbocycles. The van der Waals surface area contributed by atoms with E-state index >= 15 is 0 Å². The smallest absolute Gasteiger partial charge is 0.290 e. The van der Waals surface area contributed by atoms with Gasteiger partial charge in [-0.1, -0.05) is 0 Å². The summed E-state index contributed by atoms with van der Waals surface area (Å²) in [6, 6.07) is 3.63. The van der Waals surface area contributed by atoms with E-state index in [9.17, 15) is 10.1 Å². The molecule has 0 fully saturated rings. The molecule has 0 radical (unpaired) electrons. The molecule has 0 spiro atoms. The van der Waals surface area contributed by atoms with Crippen molar-refractivity contribution >= 4 is 11.5 Å². The molecule has 19 heavy (non-hydrogen) atoms. The molecule has 0 aliphatic rings. The molecule has 6 heteroatoms. The van der Waals surface area contributed by atoms with Crippen LogP contribution in [0.15, 0.2) is 22.7 Å². The van der Waals surface area contributed by atoms with Crippen molar-refractivity contribution in [3.05, 3.63) is 51.1 Å². The molecular weight excluding hydrogens is 246 g/mol. The zero-order chi connectivity index (χ0) is 14.0. The highest BCUT2D eigenvalue weighted by Gasteiger charge is 2.11. The zero-order valence-corrected chi connectivity index (χ0v) is 11.1. The fraction of sp³-hybridized carbons (Fsp3) is 0.308. The highest BCUT2D eigenvalue weighted by atomic mass is 16.6. The zero-order valence-electron chi connectivity index (χ0n) is 11.1. The third-order valence-corrected chi connectivity index (χ3v) is 2.88. The van der Waals surface area contributed by atoms with E-state index in [4.69, 9.17) is 4.42 Å². The maximum atomic E-state index is 10.7. The quantitative estimate of drug-likeness (QED) is 0.675. The largest absolute Gasteiger partial charge is 0.466 e. The summed E-state index contributed by atoms with van der Waals surface area (Å²) >= 11 is 0. The first-order chi connectivity index (χ1) is 8.97. The van der Waals surface area contributed by atoms with Gasteiger partial charge in [0.1, 0.15) is 23.5 Å². The summed E-state index contributed by atoms with van der Waals surface area (Å²) in [6.45, 7) is 6.06. The lowest BCUT2D eigenvalue weighted by Gasteiger charge is -2.05. The lowest BCUT2D eigenvalue weighted by atomic mass is 10.2. The van der Waals surface area contributed by atoms with E-state index < -0.39 is 4.92 Å². The molecule has 2 heterocycles. The van der Waals surface area contributed by atoms with Gasteiger partial charge in [0.05, 0.1) is 4.92 Å². The maximum absolute atomic E-state index is 10.7. The van der Waals surface area contributed by atoms with Crippen LogP contribution in [0.4, 0.5) is 11.5 Å². The van der Waals surface area contributed by atoms with E-state index in [1.807, 2.05) is 19.9 Å². The van der Waals surface area contributed by atoms with Crippen LogP contribution in [0.1, 0.15) is 22.6 Å². The van der Waals surface area contributed by atoms with Crippen molar-refractivity contribution in [2.75, 3.05) is 5.32 Å². The molecule has 0 saturated carbocycles. The maximum Gasteiger partial charge on any atom is 0.290 e. The second-order valence-corrected chi connectivity index (χ2v) is 4.41. The minimum Gasteiger partial charge on any atom is -0.466 e. The number of hydrogen-bond acceptors (Lipinski definition) is 5. The second kappa shape index (κ2) is 5.09. The van der Waals surface area contributed by atoms with E-state index in [-0.39, 0.29) is 5.69 Å². The standard InChI is InChI=1S/C13H15N3O3/c1-8-4-13(15-7-12(8)16(17)18)14-6-11-5-9(2)19-10(11)3/h4-5,7H,6H2,1-3H3,(H,14,15). The van der Waals surface area contributed by atoms with E-state index in [1.54, 1.807) is 13.0 Å². The minimum absolute atomic E-state index is 0.0286. The fourth-order valence-corrected chi connectivity index (χ4v) is 1.88. The van der Waals surface area contributed by atoms with Crippen LogP contribution >= 0.6 is 0 Å². The van der Waals surface area contributed by atoms with Gasteiger partial charge < -0.3 is 9.73 Å². The summed E-state index contributed by atoms with van der Waals surface area (Å²) in [6.07, 6.45) is 1.27. The van der Waals surface area contributed by atoms with Crippen molar-refractivity contribution in [2.24, 2.45) is 0 Å². The monoisotopic (exact) mass is 261 g/mol. The molecule has 0 unspecified atom stereocenters. The van der Waals surface area contributed by atoms with Crippen molar-refractivity contribution < 1.29 is 9.34 Å². The molecule has 0 atom stereocenters. The summed E-state index contributed by atoms with van der Waals surface area (Å²) in [7, 11) is 0. The lowest BCUT2D eigenvalue weighted by molar-refractivity contribution is -0.385. The van der Waals surface area contributed by atoms with Crippen LogP contribution in [0.3, 0.4) is 0 Å². The van der Waals surface area contributed by atoms with Gasteiger partial charge in [-0.25, -0.2) is 4.98 Å². The van der Waals surface area contributed by atoms with Crippen LogP contribution in [-0.2, 0) is 6.54 Å². The molecule has 0 bridgehead atoms. The number of rotatable bonds is 4. The Bertz CT molecular complexity index is 620. The number of aromatic nitrogens is 1. The van der Waals surface area contributed by atoms with Crippen molar-refractivity contribution in [2.45, 2.75) is 27.3 Å². The van der Waals surface area contributed by atoms with Crippen molar-refractivity contribution in [3.63, 3.8) is 0 Å². The third-order valence-electron chi connectivity index (χ3n) is 2.88. The van der Waals surface area contributed by atoms with Gasteiger partial charge >= 0.3 is 0 Å². The van der Waals surface area contributed by atoms with Crippen LogP contribution in [0, 0.1) is 30.9 Å². The van der Waals surface area contributed by atoms with Gasteiger partial charge in [-0.15, -0.1) is 0 Å². The number of aryl methyl sites for hydroxylation is 3. The summed E-state index contributed by atoms with van der Waals surface area (Å²) in [5, 5.41) is 13.8. The number of nitrogens with one attached hydrogen (secondary N) is 1. The molecule has 2 aromatic rings.